The number of amides is 1. The van der Waals surface area contributed by atoms with E-state index in [0.29, 0.717) is 5.91 Å². The van der Waals surface area contributed by atoms with Crippen LogP contribution in [0.15, 0.2) is 0 Å². The molecule has 2 rings (SSSR count). The van der Waals surface area contributed by atoms with Crippen LogP contribution in [0, 0.1) is 5.41 Å². The van der Waals surface area contributed by atoms with Crippen LogP contribution in [0.5, 0.6) is 0 Å². The normalized spacial score (nSPS) is 28.5. The first-order chi connectivity index (χ1) is 5.83. The number of hydrogen-bond acceptors (Lipinski definition) is 2. The second kappa shape index (κ2) is 3.29. The van der Waals surface area contributed by atoms with Gasteiger partial charge in [-0.1, -0.05) is 0 Å². The van der Waals surface area contributed by atoms with Crippen LogP contribution >= 0.6 is 11.8 Å². The summed E-state index contributed by atoms with van der Waals surface area (Å²) in [6, 6.07) is 0. The zero-order chi connectivity index (χ0) is 8.44. The molecular weight excluding hydrogens is 170 g/mol. The summed E-state index contributed by atoms with van der Waals surface area (Å²) >= 11 is 1.98. The Bertz CT molecular complexity index is 179. The minimum Gasteiger partial charge on any atom is -0.356 e. The Morgan fingerprint density at radius 3 is 2.67 bits per heavy atom. The van der Waals surface area contributed by atoms with Gasteiger partial charge in [0.25, 0.3) is 0 Å². The van der Waals surface area contributed by atoms with Crippen LogP contribution in [0.4, 0.5) is 0 Å². The summed E-state index contributed by atoms with van der Waals surface area (Å²) in [4.78, 5) is 11.7. The minimum absolute atomic E-state index is 0.0451. The monoisotopic (exact) mass is 185 g/mol. The lowest BCUT2D eigenvalue weighted by Crippen LogP contribution is -2.47. The van der Waals surface area contributed by atoms with Crippen molar-refractivity contribution in [2.75, 3.05) is 18.1 Å². The van der Waals surface area contributed by atoms with Crippen molar-refractivity contribution >= 4 is 17.7 Å². The van der Waals surface area contributed by atoms with Crippen molar-refractivity contribution < 1.29 is 4.79 Å². The number of piperidine rings is 1. The predicted octanol–water partition coefficient (Wildman–Crippen LogP) is 1.41. The van der Waals surface area contributed by atoms with Gasteiger partial charge in [-0.25, -0.2) is 0 Å². The van der Waals surface area contributed by atoms with E-state index in [1.165, 1.54) is 17.9 Å². The highest BCUT2D eigenvalue weighted by atomic mass is 32.2. The van der Waals surface area contributed by atoms with E-state index >= 15 is 0 Å². The van der Waals surface area contributed by atoms with Crippen molar-refractivity contribution in [2.45, 2.75) is 25.7 Å². The fraction of sp³-hybridized carbons (Fsp3) is 0.889. The van der Waals surface area contributed by atoms with Gasteiger partial charge in [-0.05, 0) is 37.2 Å². The molecule has 0 aromatic heterocycles. The molecule has 0 bridgehead atoms. The summed E-state index contributed by atoms with van der Waals surface area (Å²) in [5.74, 6) is 2.68. The van der Waals surface area contributed by atoms with Crippen molar-refractivity contribution in [3.8, 4) is 0 Å². The number of carbonyl (C=O) groups excluding carboxylic acids is 1. The van der Waals surface area contributed by atoms with Gasteiger partial charge in [-0.15, -0.1) is 0 Å². The van der Waals surface area contributed by atoms with Crippen molar-refractivity contribution in [1.29, 1.82) is 0 Å². The Kier molecular flexibility index (Phi) is 2.31. The van der Waals surface area contributed by atoms with Gasteiger partial charge in [-0.3, -0.25) is 4.79 Å². The summed E-state index contributed by atoms with van der Waals surface area (Å²) in [5, 5.41) is 2.99. The molecular formula is C9H15NOS. The van der Waals surface area contributed by atoms with Gasteiger partial charge in [-0.2, -0.15) is 11.8 Å². The first-order valence-electron chi connectivity index (χ1n) is 4.70. The summed E-state index contributed by atoms with van der Waals surface area (Å²) in [6.45, 7) is 0.897. The Balaban J connectivity index is 2.09. The van der Waals surface area contributed by atoms with Crippen LogP contribution in [0.25, 0.3) is 0 Å². The summed E-state index contributed by atoms with van der Waals surface area (Å²) in [6.07, 6.45) is 4.50. The van der Waals surface area contributed by atoms with E-state index in [-0.39, 0.29) is 5.41 Å². The maximum absolute atomic E-state index is 11.7. The molecule has 68 valence electrons. The quantitative estimate of drug-likeness (QED) is 0.618. The van der Waals surface area contributed by atoms with E-state index in [1.807, 2.05) is 11.8 Å². The van der Waals surface area contributed by atoms with Crippen molar-refractivity contribution in [3.63, 3.8) is 0 Å². The van der Waals surface area contributed by atoms with Crippen LogP contribution < -0.4 is 5.32 Å². The van der Waals surface area contributed by atoms with Crippen LogP contribution in [0.2, 0.25) is 0 Å². The molecule has 0 aromatic rings. The number of rotatable bonds is 0. The van der Waals surface area contributed by atoms with E-state index in [0.717, 1.165) is 25.8 Å². The molecule has 0 aromatic carbocycles. The number of hydrogen-bond donors (Lipinski definition) is 1. The van der Waals surface area contributed by atoms with Gasteiger partial charge in [0, 0.05) is 6.54 Å². The lowest BCUT2D eigenvalue weighted by Gasteiger charge is -2.38. The molecule has 0 unspecified atom stereocenters. The van der Waals surface area contributed by atoms with E-state index in [4.69, 9.17) is 0 Å². The van der Waals surface area contributed by atoms with E-state index in [1.54, 1.807) is 0 Å². The zero-order valence-electron chi connectivity index (χ0n) is 7.27. The van der Waals surface area contributed by atoms with Crippen molar-refractivity contribution in [3.05, 3.63) is 0 Å². The molecule has 1 spiro atoms. The van der Waals surface area contributed by atoms with Crippen molar-refractivity contribution in [2.24, 2.45) is 5.41 Å². The molecule has 0 saturated carbocycles. The molecule has 2 aliphatic heterocycles. The molecule has 3 heteroatoms. The van der Waals surface area contributed by atoms with E-state index in [2.05, 4.69) is 5.32 Å². The van der Waals surface area contributed by atoms with Crippen LogP contribution in [-0.2, 0) is 4.79 Å². The molecule has 2 aliphatic rings. The predicted molar refractivity (Wildman–Crippen MR) is 51.2 cm³/mol. The molecule has 1 amide bonds. The third kappa shape index (κ3) is 1.35. The maximum atomic E-state index is 11.7. The Labute approximate surface area is 77.5 Å². The van der Waals surface area contributed by atoms with Crippen molar-refractivity contribution in [1.82, 2.24) is 5.32 Å². The molecule has 2 fully saturated rings. The van der Waals surface area contributed by atoms with Gasteiger partial charge in [0.2, 0.25) is 5.91 Å². The molecule has 1 N–H and O–H groups in total. The molecule has 2 saturated heterocycles. The Morgan fingerprint density at radius 2 is 2.00 bits per heavy atom. The highest BCUT2D eigenvalue weighted by Gasteiger charge is 2.40. The van der Waals surface area contributed by atoms with Gasteiger partial charge >= 0.3 is 0 Å². The Hall–Kier alpha value is -0.180. The fourth-order valence-corrected chi connectivity index (χ4v) is 3.44. The molecule has 0 atom stereocenters. The highest BCUT2D eigenvalue weighted by molar-refractivity contribution is 7.99. The van der Waals surface area contributed by atoms with Crippen LogP contribution in [0.1, 0.15) is 25.7 Å². The van der Waals surface area contributed by atoms with Gasteiger partial charge < -0.3 is 5.32 Å². The SMILES string of the molecule is O=C1NCCCC12CCSCC2. The maximum Gasteiger partial charge on any atom is 0.226 e. The van der Waals surface area contributed by atoms with E-state index < -0.39 is 0 Å². The lowest BCUT2D eigenvalue weighted by atomic mass is 9.75. The second-order valence-corrected chi connectivity index (χ2v) is 4.98. The molecule has 0 aliphatic carbocycles. The minimum atomic E-state index is 0.0451. The second-order valence-electron chi connectivity index (χ2n) is 3.75. The smallest absolute Gasteiger partial charge is 0.226 e. The molecule has 2 heterocycles. The largest absolute Gasteiger partial charge is 0.356 e. The molecule has 2 nitrogen and oxygen atoms in total. The highest BCUT2D eigenvalue weighted by Crippen LogP contribution is 2.40. The summed E-state index contributed by atoms with van der Waals surface area (Å²) in [7, 11) is 0. The summed E-state index contributed by atoms with van der Waals surface area (Å²) in [5.41, 5.74) is 0.0451. The average Bonchev–Trinajstić information content (AvgIpc) is 2.12. The first kappa shape index (κ1) is 8.42. The third-order valence-corrected chi connectivity index (χ3v) is 4.03. The van der Waals surface area contributed by atoms with E-state index in [9.17, 15) is 4.79 Å². The third-order valence-electron chi connectivity index (χ3n) is 3.05. The fourth-order valence-electron chi connectivity index (χ4n) is 2.17. The zero-order valence-corrected chi connectivity index (χ0v) is 8.08. The first-order valence-corrected chi connectivity index (χ1v) is 5.85. The lowest BCUT2D eigenvalue weighted by molar-refractivity contribution is -0.134. The number of carbonyl (C=O) groups is 1. The van der Waals surface area contributed by atoms with Gasteiger partial charge in [0.15, 0.2) is 0 Å². The topological polar surface area (TPSA) is 29.1 Å². The van der Waals surface area contributed by atoms with Gasteiger partial charge in [0.1, 0.15) is 0 Å². The number of nitrogens with one attached hydrogen (secondary N) is 1. The van der Waals surface area contributed by atoms with Crippen LogP contribution in [0.3, 0.4) is 0 Å². The average molecular weight is 185 g/mol. The van der Waals surface area contributed by atoms with Gasteiger partial charge in [0.05, 0.1) is 5.41 Å². The molecule has 12 heavy (non-hydrogen) atoms. The molecule has 0 radical (unpaired) electrons. The Morgan fingerprint density at radius 1 is 1.25 bits per heavy atom. The standard InChI is InChI=1S/C9H15NOS/c11-8-9(2-1-5-10-8)3-6-12-7-4-9/h1-7H2,(H,10,11). The van der Waals surface area contributed by atoms with Crippen LogP contribution in [-0.4, -0.2) is 24.0 Å². The number of thioether (sulfide) groups is 1. The summed E-state index contributed by atoms with van der Waals surface area (Å²) < 4.78 is 0.